The molecule has 3 aromatic heterocycles. The van der Waals surface area contributed by atoms with E-state index in [1.807, 2.05) is 60.8 Å². The number of aromatic nitrogens is 4. The first kappa shape index (κ1) is 42.5. The first-order chi connectivity index (χ1) is 26.9. The van der Waals surface area contributed by atoms with Crippen LogP contribution in [0.4, 0.5) is 10.6 Å². The van der Waals surface area contributed by atoms with Crippen LogP contribution in [0.2, 0.25) is 51.4 Å². The number of methoxy groups -OCH3 is 1. The maximum Gasteiger partial charge on any atom is 0.410 e. The average Bonchev–Trinajstić information content (AvgIpc) is 3.69. The van der Waals surface area contributed by atoms with E-state index in [-0.39, 0.29) is 24.1 Å². The fraction of sp³-hybridized carbons (Fsp3) is 0.558. The molecule has 12 nitrogen and oxygen atoms in total. The van der Waals surface area contributed by atoms with Crippen molar-refractivity contribution in [3.8, 4) is 28.1 Å². The Kier molecular flexibility index (Phi) is 13.0. The molecular weight excluding hydrogens is 753 g/mol. The van der Waals surface area contributed by atoms with Gasteiger partial charge in [0.2, 0.25) is 0 Å². The van der Waals surface area contributed by atoms with Crippen LogP contribution in [0.1, 0.15) is 68.4 Å². The van der Waals surface area contributed by atoms with E-state index in [1.165, 1.54) is 0 Å². The number of hydrogen-bond acceptors (Lipinski definition) is 10. The Hall–Kier alpha value is -4.12. The molecule has 6 rings (SSSR count). The number of amides is 1. The van der Waals surface area contributed by atoms with Crippen molar-refractivity contribution in [2.45, 2.75) is 121 Å². The number of benzene rings is 1. The van der Waals surface area contributed by atoms with Crippen LogP contribution in [0.15, 0.2) is 48.8 Å². The van der Waals surface area contributed by atoms with Crippen LogP contribution < -0.4 is 9.64 Å². The van der Waals surface area contributed by atoms with Gasteiger partial charge in [-0.1, -0.05) is 45.3 Å². The van der Waals surface area contributed by atoms with Gasteiger partial charge < -0.3 is 28.7 Å². The van der Waals surface area contributed by atoms with Crippen LogP contribution in [0.25, 0.3) is 28.0 Å². The Morgan fingerprint density at radius 1 is 0.895 bits per heavy atom. The Balaban J connectivity index is 1.37. The molecule has 1 aromatic carbocycles. The molecule has 2 aliphatic heterocycles. The van der Waals surface area contributed by atoms with E-state index in [0.29, 0.717) is 38.0 Å². The molecule has 2 aliphatic rings. The molecule has 0 N–H and O–H groups in total. The van der Waals surface area contributed by atoms with Crippen LogP contribution in [0.3, 0.4) is 0 Å². The number of carbonyl (C=O) groups excluding carboxylic acids is 2. The molecule has 2 fully saturated rings. The van der Waals surface area contributed by atoms with E-state index >= 15 is 0 Å². The Labute approximate surface area is 340 Å². The van der Waals surface area contributed by atoms with Crippen LogP contribution >= 0.6 is 0 Å². The van der Waals surface area contributed by atoms with Crippen molar-refractivity contribution in [3.63, 3.8) is 0 Å². The first-order valence-electron chi connectivity index (χ1n) is 20.3. The molecule has 5 heterocycles. The Bertz CT molecular complexity index is 1980. The van der Waals surface area contributed by atoms with Gasteiger partial charge in [0.15, 0.2) is 11.9 Å². The minimum Gasteiger partial charge on any atom is -0.496 e. The highest BCUT2D eigenvalue weighted by molar-refractivity contribution is 6.76. The number of hydrogen-bond donors (Lipinski definition) is 0. The third-order valence-electron chi connectivity index (χ3n) is 10.8. The number of aldehydes is 1. The maximum atomic E-state index is 13.4. The molecule has 0 aliphatic carbocycles. The lowest BCUT2D eigenvalue weighted by Gasteiger charge is -2.39. The van der Waals surface area contributed by atoms with Crippen LogP contribution in [-0.2, 0) is 14.2 Å². The molecule has 308 valence electrons. The zero-order valence-electron chi connectivity index (χ0n) is 35.6. The normalized spacial score (nSPS) is 18.6. The Morgan fingerprint density at radius 3 is 2.07 bits per heavy atom. The van der Waals surface area contributed by atoms with E-state index in [1.54, 1.807) is 19.2 Å². The van der Waals surface area contributed by atoms with Crippen molar-refractivity contribution < 1.29 is 28.5 Å². The van der Waals surface area contributed by atoms with E-state index in [2.05, 4.69) is 50.2 Å². The molecule has 1 unspecified atom stereocenters. The number of nitrogens with zero attached hydrogens (tertiary/aromatic N) is 6. The van der Waals surface area contributed by atoms with Crippen molar-refractivity contribution in [1.82, 2.24) is 24.5 Å². The van der Waals surface area contributed by atoms with Crippen molar-refractivity contribution in [2.24, 2.45) is 0 Å². The average molecular weight is 815 g/mol. The zero-order chi connectivity index (χ0) is 41.1. The van der Waals surface area contributed by atoms with Gasteiger partial charge in [0.05, 0.1) is 24.6 Å². The third-order valence-corrected chi connectivity index (χ3v) is 14.2. The van der Waals surface area contributed by atoms with Crippen molar-refractivity contribution in [1.29, 1.82) is 0 Å². The number of pyridine rings is 1. The highest BCUT2D eigenvalue weighted by Crippen LogP contribution is 2.44. The molecule has 4 aromatic rings. The molecule has 2 saturated heterocycles. The lowest BCUT2D eigenvalue weighted by atomic mass is 9.88. The largest absolute Gasteiger partial charge is 0.496 e. The number of piperidine rings is 1. The number of anilines is 1. The van der Waals surface area contributed by atoms with Gasteiger partial charge in [0.25, 0.3) is 0 Å². The number of carbonyl (C=O) groups is 2. The highest BCUT2D eigenvalue weighted by Gasteiger charge is 2.45. The van der Waals surface area contributed by atoms with Crippen LogP contribution in [0.5, 0.6) is 5.75 Å². The minimum atomic E-state index is -1.30. The quantitative estimate of drug-likeness (QED) is 0.0468. The number of fused-ring (bicyclic) bond motifs is 3. The predicted octanol–water partition coefficient (Wildman–Crippen LogP) is 9.36. The smallest absolute Gasteiger partial charge is 0.410 e. The lowest BCUT2D eigenvalue weighted by molar-refractivity contribution is 0.00568. The highest BCUT2D eigenvalue weighted by atomic mass is 28.3. The van der Waals surface area contributed by atoms with Gasteiger partial charge in [0, 0.05) is 82.0 Å². The number of rotatable bonds is 16. The second-order valence-electron chi connectivity index (χ2n) is 19.0. The van der Waals surface area contributed by atoms with Crippen molar-refractivity contribution >= 4 is 40.0 Å². The summed E-state index contributed by atoms with van der Waals surface area (Å²) in [6, 6.07) is 13.9. The SMILES string of the molecule is COc1ccc(-c2ccc(-c3cnn4c(N(COCC[Si](C)(C)C)COCC[Si](C)(C)C)cc(C5C[C@H]6CC[C@@H](C5)N6C(=O)OC(C)(C)C)nc34)cn2)cc1C=O. The Morgan fingerprint density at radius 2 is 1.53 bits per heavy atom. The van der Waals surface area contributed by atoms with Crippen molar-refractivity contribution in [3.05, 3.63) is 60.0 Å². The summed E-state index contributed by atoms with van der Waals surface area (Å²) in [7, 11) is -1.05. The van der Waals surface area contributed by atoms with E-state index in [0.717, 1.165) is 83.6 Å². The van der Waals surface area contributed by atoms with Gasteiger partial charge in [-0.2, -0.15) is 9.61 Å². The molecule has 0 saturated carbocycles. The molecule has 1 amide bonds. The summed E-state index contributed by atoms with van der Waals surface area (Å²) in [5, 5.41) is 4.94. The third kappa shape index (κ3) is 10.7. The molecule has 14 heteroatoms. The molecule has 0 spiro atoms. The molecule has 57 heavy (non-hydrogen) atoms. The molecular formula is C43H62N6O6Si2. The maximum absolute atomic E-state index is 13.4. The molecule has 0 radical (unpaired) electrons. The summed E-state index contributed by atoms with van der Waals surface area (Å²) in [6.45, 7) is 22.0. The van der Waals surface area contributed by atoms with Crippen LogP contribution in [0, 0.1) is 0 Å². The van der Waals surface area contributed by atoms with Gasteiger partial charge in [-0.15, -0.1) is 0 Å². The standard InChI is InChI=1S/C43H62N6O6Si2/c1-43(2,3)55-42(51)48-34-13-14-35(48)23-32(22-34)38-24-40(47(28-53-17-19-56(5,6)7)29-54-18-20-57(8,9)10)49-41(46-38)36(26-45-49)31-11-15-37(44-25-31)30-12-16-39(52-4)33(21-30)27-50/h11-12,15-16,21,24-27,32,34-35H,13-14,17-20,22-23,28-29H2,1-10H3/t32?,34-,35+. The van der Waals surface area contributed by atoms with Gasteiger partial charge in [-0.25, -0.2) is 9.78 Å². The topological polar surface area (TPSA) is 121 Å². The van der Waals surface area contributed by atoms with E-state index in [9.17, 15) is 9.59 Å². The predicted molar refractivity (Wildman–Crippen MR) is 231 cm³/mol. The zero-order valence-corrected chi connectivity index (χ0v) is 37.6. The summed E-state index contributed by atoms with van der Waals surface area (Å²) in [4.78, 5) is 39.4. The first-order valence-corrected chi connectivity index (χ1v) is 27.7. The second-order valence-corrected chi connectivity index (χ2v) is 30.3. The van der Waals surface area contributed by atoms with Gasteiger partial charge >= 0.3 is 6.09 Å². The van der Waals surface area contributed by atoms with Gasteiger partial charge in [-0.3, -0.25) is 9.78 Å². The van der Waals surface area contributed by atoms with Gasteiger partial charge in [0.1, 0.15) is 30.6 Å². The van der Waals surface area contributed by atoms with Crippen molar-refractivity contribution in [2.75, 3.05) is 38.7 Å². The van der Waals surface area contributed by atoms with E-state index in [4.69, 9.17) is 34.0 Å². The molecule has 2 bridgehead atoms. The summed E-state index contributed by atoms with van der Waals surface area (Å²) in [5.41, 5.74) is 4.89. The van der Waals surface area contributed by atoms with Crippen LogP contribution in [-0.4, -0.2) is 104 Å². The lowest BCUT2D eigenvalue weighted by Crippen LogP contribution is -2.48. The minimum absolute atomic E-state index is 0.0924. The summed E-state index contributed by atoms with van der Waals surface area (Å²) in [6.07, 6.45) is 7.79. The summed E-state index contributed by atoms with van der Waals surface area (Å²) >= 11 is 0. The molecule has 3 atom stereocenters. The fourth-order valence-corrected chi connectivity index (χ4v) is 9.13. The monoisotopic (exact) mass is 814 g/mol. The number of ether oxygens (including phenoxy) is 4. The van der Waals surface area contributed by atoms with E-state index < -0.39 is 21.7 Å². The van der Waals surface area contributed by atoms with Gasteiger partial charge in [-0.05, 0) is 82.8 Å². The second kappa shape index (κ2) is 17.4. The summed E-state index contributed by atoms with van der Waals surface area (Å²) in [5.74, 6) is 1.51. The summed E-state index contributed by atoms with van der Waals surface area (Å²) < 4.78 is 25.9. The fourth-order valence-electron chi connectivity index (χ4n) is 7.62.